The van der Waals surface area contributed by atoms with E-state index in [1.807, 2.05) is 0 Å². The average Bonchev–Trinajstić information content (AvgIpc) is 2.55. The maximum atomic E-state index is 12.2. The number of fused-ring (bicyclic) bond motifs is 1. The van der Waals surface area contributed by atoms with E-state index in [1.165, 1.54) is 10.5 Å². The van der Waals surface area contributed by atoms with Crippen molar-refractivity contribution in [2.45, 2.75) is 12.8 Å². The molecule has 0 saturated carbocycles. The average molecular weight is 444 g/mol. The number of hydrogen-bond donors (Lipinski definition) is 2. The van der Waals surface area contributed by atoms with Crippen LogP contribution in [-0.4, -0.2) is 39.0 Å². The van der Waals surface area contributed by atoms with Gasteiger partial charge in [-0.2, -0.15) is 0 Å². The van der Waals surface area contributed by atoms with Crippen molar-refractivity contribution >= 4 is 40.0 Å². The molecule has 0 aliphatic heterocycles. The van der Waals surface area contributed by atoms with Gasteiger partial charge in [0.2, 0.25) is 0 Å². The van der Waals surface area contributed by atoms with Crippen LogP contribution in [0.25, 0.3) is 5.52 Å². The number of amides is 1. The van der Waals surface area contributed by atoms with Crippen molar-refractivity contribution in [3.05, 3.63) is 46.4 Å². The van der Waals surface area contributed by atoms with Gasteiger partial charge in [-0.05, 0) is 24.6 Å². The lowest BCUT2D eigenvalue weighted by atomic mass is 10.2. The Morgan fingerprint density at radius 1 is 1.29 bits per heavy atom. The monoisotopic (exact) mass is 444 g/mol. The number of carbonyl (C=O) groups is 2. The Bertz CT molecular complexity index is 803. The van der Waals surface area contributed by atoms with Crippen LogP contribution in [0.3, 0.4) is 0 Å². The van der Waals surface area contributed by atoms with Gasteiger partial charge in [-0.3, -0.25) is 18.8 Å². The second kappa shape index (κ2) is 8.67. The molecular weight excluding hydrogens is 427 g/mol. The van der Waals surface area contributed by atoms with Crippen LogP contribution in [0.1, 0.15) is 23.2 Å². The number of ether oxygens (including phenoxy) is 1. The molecule has 0 atom stereocenters. The van der Waals surface area contributed by atoms with Crippen molar-refractivity contribution in [3.8, 4) is 5.75 Å². The van der Waals surface area contributed by atoms with Crippen molar-refractivity contribution in [2.24, 2.45) is 0 Å². The fourth-order valence-electron chi connectivity index (χ4n) is 2.05. The summed E-state index contributed by atoms with van der Waals surface area (Å²) in [4.78, 5) is 34.6. The van der Waals surface area contributed by atoms with E-state index in [9.17, 15) is 14.4 Å². The van der Waals surface area contributed by atoms with Gasteiger partial charge in [-0.25, -0.2) is 0 Å². The van der Waals surface area contributed by atoms with Crippen LogP contribution in [0.5, 0.6) is 5.75 Å². The van der Waals surface area contributed by atoms with E-state index in [0.29, 0.717) is 17.9 Å². The maximum Gasteiger partial charge on any atom is 0.305 e. The summed E-state index contributed by atoms with van der Waals surface area (Å²) in [5.74, 6) is -0.879. The van der Waals surface area contributed by atoms with Crippen molar-refractivity contribution in [1.29, 1.82) is 0 Å². The van der Waals surface area contributed by atoms with Crippen LogP contribution in [0.2, 0.25) is 0 Å². The van der Waals surface area contributed by atoms with Crippen LogP contribution in [-0.2, 0) is 4.79 Å². The summed E-state index contributed by atoms with van der Waals surface area (Å²) in [5.41, 5.74) is 0.409. The molecule has 0 saturated heterocycles. The summed E-state index contributed by atoms with van der Waals surface area (Å²) < 4.78 is 7.97. The number of nitrogens with zero attached hydrogens (tertiary/aromatic N) is 1. The molecule has 2 aromatic rings. The van der Waals surface area contributed by atoms with Gasteiger partial charge in [-0.15, -0.1) is 0 Å². The van der Waals surface area contributed by atoms with Crippen LogP contribution < -0.4 is 15.6 Å². The Morgan fingerprint density at radius 3 is 2.79 bits per heavy atom. The number of alkyl halides is 1. The van der Waals surface area contributed by atoms with Gasteiger partial charge in [0.25, 0.3) is 11.5 Å². The molecule has 0 fully saturated rings. The summed E-state index contributed by atoms with van der Waals surface area (Å²) in [6.45, 7) is 0.588. The number of carboxylic acid groups (broad SMARTS) is 1. The van der Waals surface area contributed by atoms with E-state index in [1.54, 1.807) is 24.4 Å². The molecule has 0 unspecified atom stereocenters. The van der Waals surface area contributed by atoms with E-state index >= 15 is 0 Å². The Balaban J connectivity index is 2.17. The molecule has 2 rings (SSSR count). The highest BCUT2D eigenvalue weighted by molar-refractivity contribution is 14.1. The first-order valence-corrected chi connectivity index (χ1v) is 8.89. The quantitative estimate of drug-likeness (QED) is 0.367. The van der Waals surface area contributed by atoms with Crippen LogP contribution in [0.4, 0.5) is 0 Å². The topological polar surface area (TPSA) is 97.1 Å². The van der Waals surface area contributed by atoms with Crippen LogP contribution in [0, 0.1) is 0 Å². The zero-order valence-corrected chi connectivity index (χ0v) is 15.0. The van der Waals surface area contributed by atoms with Gasteiger partial charge in [0, 0.05) is 28.1 Å². The van der Waals surface area contributed by atoms with Gasteiger partial charge in [0.15, 0.2) is 0 Å². The molecule has 2 aromatic heterocycles. The lowest BCUT2D eigenvalue weighted by molar-refractivity contribution is -0.136. The molecule has 128 valence electrons. The second-order valence-electron chi connectivity index (χ2n) is 5.03. The Labute approximate surface area is 151 Å². The second-order valence-corrected chi connectivity index (χ2v) is 6.11. The molecule has 0 aromatic carbocycles. The lowest BCUT2D eigenvalue weighted by Crippen LogP contribution is -2.27. The highest BCUT2D eigenvalue weighted by Crippen LogP contribution is 2.13. The number of carboxylic acids is 1. The smallest absolute Gasteiger partial charge is 0.305 e. The van der Waals surface area contributed by atoms with Crippen molar-refractivity contribution < 1.29 is 19.4 Å². The van der Waals surface area contributed by atoms with Crippen molar-refractivity contribution in [1.82, 2.24) is 9.72 Å². The Kier molecular flexibility index (Phi) is 6.59. The Hall–Kier alpha value is -2.10. The molecule has 7 nitrogen and oxygen atoms in total. The molecule has 8 heteroatoms. The molecule has 2 heterocycles. The number of pyridine rings is 2. The van der Waals surface area contributed by atoms with E-state index in [4.69, 9.17) is 9.84 Å². The Morgan fingerprint density at radius 2 is 2.08 bits per heavy atom. The largest absolute Gasteiger partial charge is 0.492 e. The minimum atomic E-state index is -0.996. The zero-order valence-electron chi connectivity index (χ0n) is 12.8. The zero-order chi connectivity index (χ0) is 17.5. The normalized spacial score (nSPS) is 10.5. The predicted molar refractivity (Wildman–Crippen MR) is 97.3 cm³/mol. The fourth-order valence-corrected chi connectivity index (χ4v) is 2.36. The number of aliphatic carboxylic acids is 1. The molecule has 24 heavy (non-hydrogen) atoms. The van der Waals surface area contributed by atoms with E-state index in [-0.39, 0.29) is 24.1 Å². The molecule has 0 aliphatic carbocycles. The summed E-state index contributed by atoms with van der Waals surface area (Å²) in [5, 5.41) is 11.0. The molecule has 2 N–H and O–H groups in total. The van der Waals surface area contributed by atoms with Gasteiger partial charge in [0.1, 0.15) is 5.75 Å². The van der Waals surface area contributed by atoms with Crippen LogP contribution in [0.15, 0.2) is 35.3 Å². The van der Waals surface area contributed by atoms with Crippen molar-refractivity contribution in [3.63, 3.8) is 0 Å². The van der Waals surface area contributed by atoms with Gasteiger partial charge < -0.3 is 15.2 Å². The predicted octanol–water partition coefficient (Wildman–Crippen LogP) is 1.71. The summed E-state index contributed by atoms with van der Waals surface area (Å²) in [6.07, 6.45) is 2.34. The fraction of sp³-hybridized carbons (Fsp3) is 0.312. The lowest BCUT2D eigenvalue weighted by Gasteiger charge is -2.09. The number of hydrogen-bond acceptors (Lipinski definition) is 4. The van der Waals surface area contributed by atoms with Gasteiger partial charge in [0.05, 0.1) is 19.2 Å². The molecule has 0 aliphatic rings. The van der Waals surface area contributed by atoms with Gasteiger partial charge >= 0.3 is 5.97 Å². The highest BCUT2D eigenvalue weighted by atomic mass is 127. The van der Waals surface area contributed by atoms with E-state index in [2.05, 4.69) is 27.9 Å². The molecule has 0 bridgehead atoms. The molecule has 0 spiro atoms. The highest BCUT2D eigenvalue weighted by Gasteiger charge is 2.10. The number of nitrogens with one attached hydrogen (secondary N) is 1. The van der Waals surface area contributed by atoms with Crippen LogP contribution >= 0.6 is 22.6 Å². The standard InChI is InChI=1S/C16H17IN2O5/c17-5-1-7-24-13-3-2-12-8-11(9-14(20)19(12)10-13)16(23)18-6-4-15(21)22/h2-3,8-10H,1,4-7H2,(H,18,23)(H,21,22). The summed E-state index contributed by atoms with van der Waals surface area (Å²) in [6, 6.07) is 6.24. The summed E-state index contributed by atoms with van der Waals surface area (Å²) in [7, 11) is 0. The molecule has 1 amide bonds. The van der Waals surface area contributed by atoms with Gasteiger partial charge in [-0.1, -0.05) is 22.6 Å². The minimum Gasteiger partial charge on any atom is -0.492 e. The first-order valence-electron chi connectivity index (χ1n) is 7.36. The first-order chi connectivity index (χ1) is 11.5. The maximum absolute atomic E-state index is 12.2. The molecule has 0 radical (unpaired) electrons. The summed E-state index contributed by atoms with van der Waals surface area (Å²) >= 11 is 2.27. The third-order valence-corrected chi connectivity index (χ3v) is 3.97. The first kappa shape index (κ1) is 18.2. The van der Waals surface area contributed by atoms with E-state index < -0.39 is 11.9 Å². The third kappa shape index (κ3) is 4.95. The number of rotatable bonds is 8. The minimum absolute atomic E-state index is 0.0110. The number of carbonyl (C=O) groups excluding carboxylic acids is 1. The third-order valence-electron chi connectivity index (χ3n) is 3.21. The van der Waals surface area contributed by atoms with Crippen molar-refractivity contribution in [2.75, 3.05) is 17.6 Å². The number of aromatic nitrogens is 1. The van der Waals surface area contributed by atoms with E-state index in [0.717, 1.165) is 10.8 Å². The molecular formula is C16H17IN2O5. The number of halogens is 1. The SMILES string of the molecule is O=C(O)CCNC(=O)c1cc(=O)n2cc(OCCCI)ccc2c1.